The largest absolute Gasteiger partial charge is 0.330 e. The van der Waals surface area contributed by atoms with E-state index in [2.05, 4.69) is 6.92 Å². The van der Waals surface area contributed by atoms with Gasteiger partial charge in [-0.2, -0.15) is 0 Å². The van der Waals surface area contributed by atoms with Crippen LogP contribution in [-0.4, -0.2) is 6.54 Å². The third-order valence-electron chi connectivity index (χ3n) is 2.43. The van der Waals surface area contributed by atoms with Crippen LogP contribution in [0.1, 0.15) is 18.9 Å². The molecule has 1 aromatic rings. The quantitative estimate of drug-likeness (QED) is 0.821. The summed E-state index contributed by atoms with van der Waals surface area (Å²) in [5.41, 5.74) is 6.57. The first kappa shape index (κ1) is 11.5. The van der Waals surface area contributed by atoms with Crippen LogP contribution >= 0.6 is 11.6 Å². The summed E-state index contributed by atoms with van der Waals surface area (Å²) >= 11 is 5.91. The first-order valence-electron chi connectivity index (χ1n) is 4.81. The van der Waals surface area contributed by atoms with Crippen LogP contribution in [0, 0.1) is 11.7 Å². The highest BCUT2D eigenvalue weighted by Gasteiger charge is 2.08. The molecule has 0 saturated heterocycles. The average Bonchev–Trinajstić information content (AvgIpc) is 2.17. The Bertz CT molecular complexity index is 297. The lowest BCUT2D eigenvalue weighted by Gasteiger charge is -2.12. The Morgan fingerprint density at radius 1 is 1.50 bits per heavy atom. The highest BCUT2D eigenvalue weighted by atomic mass is 35.5. The van der Waals surface area contributed by atoms with Crippen LogP contribution < -0.4 is 5.73 Å². The molecule has 0 aliphatic rings. The minimum atomic E-state index is -0.292. The fraction of sp³-hybridized carbons (Fsp3) is 0.455. The van der Waals surface area contributed by atoms with Crippen LogP contribution in [0.15, 0.2) is 18.2 Å². The molecule has 0 spiro atoms. The van der Waals surface area contributed by atoms with E-state index in [0.29, 0.717) is 17.5 Å². The van der Waals surface area contributed by atoms with Crippen molar-refractivity contribution in [3.8, 4) is 0 Å². The molecule has 1 unspecified atom stereocenters. The standard InChI is InChI=1S/C11H15ClFN/c1-2-8(7-14)5-9-3-4-10(13)6-11(9)12/h3-4,6,8H,2,5,7,14H2,1H3. The third-order valence-corrected chi connectivity index (χ3v) is 2.79. The van der Waals surface area contributed by atoms with Crippen molar-refractivity contribution >= 4 is 11.6 Å². The van der Waals surface area contributed by atoms with Gasteiger partial charge in [0, 0.05) is 5.02 Å². The molecule has 0 saturated carbocycles. The van der Waals surface area contributed by atoms with Gasteiger partial charge in [-0.25, -0.2) is 4.39 Å². The predicted molar refractivity (Wildman–Crippen MR) is 57.9 cm³/mol. The molecule has 0 aliphatic heterocycles. The minimum Gasteiger partial charge on any atom is -0.330 e. The van der Waals surface area contributed by atoms with E-state index in [1.807, 2.05) is 0 Å². The van der Waals surface area contributed by atoms with E-state index in [4.69, 9.17) is 17.3 Å². The molecule has 78 valence electrons. The summed E-state index contributed by atoms with van der Waals surface area (Å²) < 4.78 is 12.7. The first-order chi connectivity index (χ1) is 6.67. The molecular formula is C11H15ClFN. The lowest BCUT2D eigenvalue weighted by Crippen LogP contribution is -2.16. The van der Waals surface area contributed by atoms with Gasteiger partial charge in [0.1, 0.15) is 5.82 Å². The monoisotopic (exact) mass is 215 g/mol. The molecule has 1 nitrogen and oxygen atoms in total. The van der Waals surface area contributed by atoms with Gasteiger partial charge >= 0.3 is 0 Å². The Hall–Kier alpha value is -0.600. The fourth-order valence-corrected chi connectivity index (χ4v) is 1.64. The van der Waals surface area contributed by atoms with Crippen molar-refractivity contribution in [3.05, 3.63) is 34.6 Å². The van der Waals surface area contributed by atoms with E-state index in [-0.39, 0.29) is 5.82 Å². The van der Waals surface area contributed by atoms with Crippen LogP contribution in [0.2, 0.25) is 5.02 Å². The fourth-order valence-electron chi connectivity index (χ4n) is 1.39. The Labute approximate surface area is 89.1 Å². The molecule has 3 heteroatoms. The summed E-state index contributed by atoms with van der Waals surface area (Å²) in [5.74, 6) is 0.137. The van der Waals surface area contributed by atoms with Crippen LogP contribution in [0.25, 0.3) is 0 Å². The summed E-state index contributed by atoms with van der Waals surface area (Å²) in [5, 5.41) is 0.497. The van der Waals surface area contributed by atoms with Crippen molar-refractivity contribution in [3.63, 3.8) is 0 Å². The van der Waals surface area contributed by atoms with Crippen LogP contribution in [0.3, 0.4) is 0 Å². The van der Waals surface area contributed by atoms with Crippen LogP contribution in [-0.2, 0) is 6.42 Å². The van der Waals surface area contributed by atoms with Gasteiger partial charge in [-0.15, -0.1) is 0 Å². The molecule has 0 fully saturated rings. The van der Waals surface area contributed by atoms with Crippen molar-refractivity contribution in [2.45, 2.75) is 19.8 Å². The highest BCUT2D eigenvalue weighted by Crippen LogP contribution is 2.21. The lowest BCUT2D eigenvalue weighted by atomic mass is 9.97. The Morgan fingerprint density at radius 3 is 2.71 bits per heavy atom. The summed E-state index contributed by atoms with van der Waals surface area (Å²) in [6, 6.07) is 4.51. The molecule has 0 radical (unpaired) electrons. The number of hydrogen-bond donors (Lipinski definition) is 1. The SMILES string of the molecule is CCC(CN)Cc1ccc(F)cc1Cl. The van der Waals surface area contributed by atoms with Crippen molar-refractivity contribution in [2.75, 3.05) is 6.54 Å². The van der Waals surface area contributed by atoms with Gasteiger partial charge in [0.15, 0.2) is 0 Å². The Kier molecular flexibility index (Phi) is 4.36. The summed E-state index contributed by atoms with van der Waals surface area (Å²) in [6.45, 7) is 2.74. The van der Waals surface area contributed by atoms with Gasteiger partial charge in [0.05, 0.1) is 0 Å². The molecule has 0 aliphatic carbocycles. The van der Waals surface area contributed by atoms with E-state index in [0.717, 1.165) is 18.4 Å². The minimum absolute atomic E-state index is 0.292. The molecule has 1 atom stereocenters. The van der Waals surface area contributed by atoms with E-state index in [1.54, 1.807) is 6.07 Å². The molecular weight excluding hydrogens is 201 g/mol. The zero-order valence-electron chi connectivity index (χ0n) is 8.26. The zero-order valence-corrected chi connectivity index (χ0v) is 9.02. The number of rotatable bonds is 4. The molecule has 1 aromatic carbocycles. The van der Waals surface area contributed by atoms with Crippen LogP contribution in [0.5, 0.6) is 0 Å². The van der Waals surface area contributed by atoms with Gasteiger partial charge in [0.2, 0.25) is 0 Å². The van der Waals surface area contributed by atoms with Gasteiger partial charge in [-0.3, -0.25) is 0 Å². The average molecular weight is 216 g/mol. The molecule has 0 bridgehead atoms. The number of nitrogens with two attached hydrogens (primary N) is 1. The van der Waals surface area contributed by atoms with Crippen molar-refractivity contribution in [1.29, 1.82) is 0 Å². The number of halogens is 2. The van der Waals surface area contributed by atoms with Gasteiger partial charge in [-0.1, -0.05) is 31.0 Å². The van der Waals surface area contributed by atoms with Gasteiger partial charge in [-0.05, 0) is 36.6 Å². The van der Waals surface area contributed by atoms with E-state index < -0.39 is 0 Å². The maximum atomic E-state index is 12.7. The lowest BCUT2D eigenvalue weighted by molar-refractivity contribution is 0.518. The van der Waals surface area contributed by atoms with E-state index in [1.165, 1.54) is 12.1 Å². The number of hydrogen-bond acceptors (Lipinski definition) is 1. The molecule has 0 aromatic heterocycles. The second-order valence-electron chi connectivity index (χ2n) is 3.45. The van der Waals surface area contributed by atoms with Crippen LogP contribution in [0.4, 0.5) is 4.39 Å². The first-order valence-corrected chi connectivity index (χ1v) is 5.19. The molecule has 0 amide bonds. The maximum Gasteiger partial charge on any atom is 0.124 e. The second-order valence-corrected chi connectivity index (χ2v) is 3.86. The predicted octanol–water partition coefficient (Wildman–Crippen LogP) is 3.01. The normalized spacial score (nSPS) is 12.9. The van der Waals surface area contributed by atoms with Crippen molar-refractivity contribution in [1.82, 2.24) is 0 Å². The summed E-state index contributed by atoms with van der Waals surface area (Å²) in [4.78, 5) is 0. The molecule has 0 heterocycles. The maximum absolute atomic E-state index is 12.7. The number of benzene rings is 1. The van der Waals surface area contributed by atoms with Gasteiger partial charge in [0.25, 0.3) is 0 Å². The van der Waals surface area contributed by atoms with Gasteiger partial charge < -0.3 is 5.73 Å². The topological polar surface area (TPSA) is 26.0 Å². The molecule has 14 heavy (non-hydrogen) atoms. The van der Waals surface area contributed by atoms with Crippen molar-refractivity contribution in [2.24, 2.45) is 11.7 Å². The molecule has 2 N–H and O–H groups in total. The third kappa shape index (κ3) is 2.96. The Morgan fingerprint density at radius 2 is 2.21 bits per heavy atom. The second kappa shape index (κ2) is 5.32. The molecule has 1 rings (SSSR count). The summed E-state index contributed by atoms with van der Waals surface area (Å²) in [6.07, 6.45) is 1.84. The highest BCUT2D eigenvalue weighted by molar-refractivity contribution is 6.31. The van der Waals surface area contributed by atoms with E-state index >= 15 is 0 Å². The Balaban J connectivity index is 2.76. The van der Waals surface area contributed by atoms with Crippen molar-refractivity contribution < 1.29 is 4.39 Å². The smallest absolute Gasteiger partial charge is 0.124 e. The summed E-state index contributed by atoms with van der Waals surface area (Å²) in [7, 11) is 0. The zero-order chi connectivity index (χ0) is 10.6. The van der Waals surface area contributed by atoms with E-state index in [9.17, 15) is 4.39 Å².